The lowest BCUT2D eigenvalue weighted by molar-refractivity contribution is -0.126. The quantitative estimate of drug-likeness (QED) is 0.282. The predicted octanol–water partition coefficient (Wildman–Crippen LogP) is 2.86. The van der Waals surface area contributed by atoms with Gasteiger partial charge in [-0.05, 0) is 69.0 Å². The van der Waals surface area contributed by atoms with Crippen LogP contribution in [0.3, 0.4) is 0 Å². The van der Waals surface area contributed by atoms with E-state index in [0.717, 1.165) is 36.4 Å². The molecule has 1 aliphatic rings. The SMILES string of the molecule is COCCCOc1cc(C(=O)N(C[C@@H]2CNC[C@H]2CNCC(=O)[C@@H](O)Cc2ccccc2)C(C)C)ccc1C. The average molecular weight is 540 g/mol. The molecular formula is C31H45N3O5. The van der Waals surface area contributed by atoms with Crippen molar-refractivity contribution in [1.29, 1.82) is 0 Å². The predicted molar refractivity (Wildman–Crippen MR) is 153 cm³/mol. The molecular weight excluding hydrogens is 494 g/mol. The Bertz CT molecular complexity index is 1050. The van der Waals surface area contributed by atoms with E-state index in [1.54, 1.807) is 7.11 Å². The van der Waals surface area contributed by atoms with E-state index in [2.05, 4.69) is 10.6 Å². The molecule has 2 aromatic rings. The van der Waals surface area contributed by atoms with Crippen LogP contribution in [0.25, 0.3) is 0 Å². The van der Waals surface area contributed by atoms with E-state index in [1.807, 2.05) is 74.2 Å². The van der Waals surface area contributed by atoms with Crippen LogP contribution in [0.4, 0.5) is 0 Å². The van der Waals surface area contributed by atoms with Crippen LogP contribution in [0.15, 0.2) is 48.5 Å². The highest BCUT2D eigenvalue weighted by atomic mass is 16.5. The van der Waals surface area contributed by atoms with Gasteiger partial charge in [-0.25, -0.2) is 0 Å². The number of aliphatic hydroxyl groups excluding tert-OH is 1. The van der Waals surface area contributed by atoms with E-state index in [-0.39, 0.29) is 36.1 Å². The van der Waals surface area contributed by atoms with Crippen LogP contribution in [0.1, 0.15) is 41.8 Å². The van der Waals surface area contributed by atoms with Crippen LogP contribution in [-0.4, -0.2) is 86.9 Å². The van der Waals surface area contributed by atoms with Gasteiger partial charge in [0.2, 0.25) is 0 Å². The van der Waals surface area contributed by atoms with Gasteiger partial charge < -0.3 is 30.1 Å². The smallest absolute Gasteiger partial charge is 0.254 e. The number of nitrogens with zero attached hydrogens (tertiary/aromatic N) is 1. The first-order chi connectivity index (χ1) is 18.8. The van der Waals surface area contributed by atoms with Crippen molar-refractivity contribution in [1.82, 2.24) is 15.5 Å². The molecule has 8 heteroatoms. The van der Waals surface area contributed by atoms with E-state index < -0.39 is 6.10 Å². The maximum absolute atomic E-state index is 13.6. The molecule has 39 heavy (non-hydrogen) atoms. The van der Waals surface area contributed by atoms with Crippen LogP contribution >= 0.6 is 0 Å². The first-order valence-electron chi connectivity index (χ1n) is 14.0. The van der Waals surface area contributed by atoms with Crippen molar-refractivity contribution in [3.63, 3.8) is 0 Å². The zero-order chi connectivity index (χ0) is 28.2. The molecule has 0 unspecified atom stereocenters. The van der Waals surface area contributed by atoms with Gasteiger partial charge in [-0.15, -0.1) is 0 Å². The topological polar surface area (TPSA) is 100 Å². The van der Waals surface area contributed by atoms with Crippen molar-refractivity contribution >= 4 is 11.7 Å². The largest absolute Gasteiger partial charge is 0.493 e. The first kappa shape index (κ1) is 30.8. The minimum atomic E-state index is -1.02. The monoisotopic (exact) mass is 539 g/mol. The molecule has 0 bridgehead atoms. The van der Waals surface area contributed by atoms with Crippen LogP contribution in [0, 0.1) is 18.8 Å². The summed E-state index contributed by atoms with van der Waals surface area (Å²) in [5.41, 5.74) is 2.56. The normalized spacial score (nSPS) is 17.8. The Morgan fingerprint density at radius 3 is 2.56 bits per heavy atom. The van der Waals surface area contributed by atoms with Gasteiger partial charge in [0, 0.05) is 51.3 Å². The summed E-state index contributed by atoms with van der Waals surface area (Å²) in [6.45, 7) is 10.3. The number of nitrogens with one attached hydrogen (secondary N) is 2. The third kappa shape index (κ3) is 9.42. The second kappa shape index (κ2) is 15.7. The fourth-order valence-corrected chi connectivity index (χ4v) is 4.91. The van der Waals surface area contributed by atoms with Crippen molar-refractivity contribution in [3.05, 3.63) is 65.2 Å². The molecule has 1 amide bonds. The third-order valence-corrected chi connectivity index (χ3v) is 7.33. The lowest BCUT2D eigenvalue weighted by Crippen LogP contribution is -2.44. The second-order valence-corrected chi connectivity index (χ2v) is 10.7. The van der Waals surface area contributed by atoms with Gasteiger partial charge in [0.05, 0.1) is 13.2 Å². The highest BCUT2D eigenvalue weighted by molar-refractivity contribution is 5.95. The first-order valence-corrected chi connectivity index (χ1v) is 14.0. The fraction of sp³-hybridized carbons (Fsp3) is 0.548. The summed E-state index contributed by atoms with van der Waals surface area (Å²) in [6, 6.07) is 15.2. The van der Waals surface area contributed by atoms with Crippen molar-refractivity contribution in [2.45, 2.75) is 45.8 Å². The number of ether oxygens (including phenoxy) is 2. The number of carbonyl (C=O) groups excluding carboxylic acids is 2. The molecule has 3 atom stereocenters. The molecule has 3 rings (SSSR count). The summed E-state index contributed by atoms with van der Waals surface area (Å²) in [5, 5.41) is 17.0. The van der Waals surface area contributed by atoms with Crippen molar-refractivity contribution in [3.8, 4) is 5.75 Å². The molecule has 1 saturated heterocycles. The standard InChI is InChI=1S/C31H45N3O5/c1-22(2)34(31(37)25-12-11-23(3)30(16-25)39-14-8-13-38-4)21-27-19-32-17-26(27)18-33-20-29(36)28(35)15-24-9-6-5-7-10-24/h5-7,9-12,16,22,26-28,32-33,35H,8,13-15,17-21H2,1-4H3/t26-,27-,28-/m0/s1. The molecule has 3 N–H and O–H groups in total. The lowest BCUT2D eigenvalue weighted by Gasteiger charge is -2.32. The minimum Gasteiger partial charge on any atom is -0.493 e. The summed E-state index contributed by atoms with van der Waals surface area (Å²) in [7, 11) is 1.67. The summed E-state index contributed by atoms with van der Waals surface area (Å²) < 4.78 is 11.0. The number of aliphatic hydroxyl groups is 1. The van der Waals surface area contributed by atoms with E-state index in [0.29, 0.717) is 38.3 Å². The Balaban J connectivity index is 1.54. The van der Waals surface area contributed by atoms with Crippen LogP contribution in [-0.2, 0) is 16.0 Å². The maximum Gasteiger partial charge on any atom is 0.254 e. The van der Waals surface area contributed by atoms with Gasteiger partial charge in [0.15, 0.2) is 5.78 Å². The molecule has 8 nitrogen and oxygen atoms in total. The average Bonchev–Trinajstić information content (AvgIpc) is 3.37. The Kier molecular flexibility index (Phi) is 12.4. The molecule has 0 aromatic heterocycles. The number of rotatable bonds is 16. The zero-order valence-electron chi connectivity index (χ0n) is 23.8. The molecule has 1 aliphatic heterocycles. The summed E-state index contributed by atoms with van der Waals surface area (Å²) in [4.78, 5) is 28.0. The Labute approximate surface area is 233 Å². The van der Waals surface area contributed by atoms with Crippen molar-refractivity contribution < 1.29 is 24.2 Å². The Hall–Kier alpha value is -2.78. The maximum atomic E-state index is 13.6. The van der Waals surface area contributed by atoms with E-state index in [9.17, 15) is 14.7 Å². The molecule has 0 saturated carbocycles. The number of carbonyl (C=O) groups is 2. The highest BCUT2D eigenvalue weighted by Crippen LogP contribution is 2.24. The number of hydrogen-bond acceptors (Lipinski definition) is 7. The number of amides is 1. The summed E-state index contributed by atoms with van der Waals surface area (Å²) in [6.07, 6.45) is 0.0857. The molecule has 0 spiro atoms. The number of aryl methyl sites for hydroxylation is 1. The van der Waals surface area contributed by atoms with E-state index in [1.165, 1.54) is 0 Å². The van der Waals surface area contributed by atoms with Crippen LogP contribution in [0.5, 0.6) is 5.75 Å². The number of benzene rings is 2. The van der Waals surface area contributed by atoms with E-state index in [4.69, 9.17) is 9.47 Å². The molecule has 0 radical (unpaired) electrons. The van der Waals surface area contributed by atoms with Crippen LogP contribution in [0.2, 0.25) is 0 Å². The Morgan fingerprint density at radius 1 is 1.10 bits per heavy atom. The van der Waals surface area contributed by atoms with Crippen molar-refractivity contribution in [2.75, 3.05) is 53.0 Å². The van der Waals surface area contributed by atoms with Gasteiger partial charge in [-0.3, -0.25) is 9.59 Å². The number of methoxy groups -OCH3 is 1. The Morgan fingerprint density at radius 2 is 1.85 bits per heavy atom. The fourth-order valence-electron chi connectivity index (χ4n) is 4.91. The van der Waals surface area contributed by atoms with Crippen LogP contribution < -0.4 is 15.4 Å². The highest BCUT2D eigenvalue weighted by Gasteiger charge is 2.31. The molecule has 214 valence electrons. The zero-order valence-corrected chi connectivity index (χ0v) is 23.8. The van der Waals surface area contributed by atoms with Gasteiger partial charge in [0.1, 0.15) is 11.9 Å². The minimum absolute atomic E-state index is 0.00966. The number of ketones is 1. The molecule has 0 aliphatic carbocycles. The second-order valence-electron chi connectivity index (χ2n) is 10.7. The number of hydrogen-bond donors (Lipinski definition) is 3. The van der Waals surface area contributed by atoms with E-state index >= 15 is 0 Å². The van der Waals surface area contributed by atoms with Gasteiger partial charge in [0.25, 0.3) is 5.91 Å². The lowest BCUT2D eigenvalue weighted by atomic mass is 9.94. The molecule has 1 fully saturated rings. The summed E-state index contributed by atoms with van der Waals surface area (Å²) >= 11 is 0. The van der Waals surface area contributed by atoms with Gasteiger partial charge in [-0.2, -0.15) is 0 Å². The number of Topliss-reactive ketones (excluding diaryl/α,β-unsaturated/α-hetero) is 1. The van der Waals surface area contributed by atoms with Crippen molar-refractivity contribution in [2.24, 2.45) is 11.8 Å². The molecule has 1 heterocycles. The third-order valence-electron chi connectivity index (χ3n) is 7.33. The summed E-state index contributed by atoms with van der Waals surface area (Å²) in [5.74, 6) is 1.04. The molecule has 2 aromatic carbocycles. The van der Waals surface area contributed by atoms with Gasteiger partial charge >= 0.3 is 0 Å². The van der Waals surface area contributed by atoms with Gasteiger partial charge in [-0.1, -0.05) is 36.4 Å².